The molecule has 128 valence electrons. The lowest BCUT2D eigenvalue weighted by atomic mass is 9.95. The van der Waals surface area contributed by atoms with Crippen LogP contribution in [0.4, 0.5) is 0 Å². The van der Waals surface area contributed by atoms with Gasteiger partial charge in [-0.2, -0.15) is 0 Å². The maximum atomic E-state index is 10.7. The number of thiophene rings is 1. The Morgan fingerprint density at radius 3 is 2.68 bits per heavy atom. The zero-order valence-corrected chi connectivity index (χ0v) is 14.6. The predicted octanol–water partition coefficient (Wildman–Crippen LogP) is 4.13. The molecule has 0 fully saturated rings. The molecule has 1 aliphatic rings. The van der Waals surface area contributed by atoms with Crippen molar-refractivity contribution in [1.82, 2.24) is 0 Å². The van der Waals surface area contributed by atoms with E-state index >= 15 is 0 Å². The fourth-order valence-corrected chi connectivity index (χ4v) is 3.94. The van der Waals surface area contributed by atoms with Crippen LogP contribution in [-0.2, 0) is 6.42 Å². The van der Waals surface area contributed by atoms with Gasteiger partial charge >= 0.3 is 0 Å². The number of aldehydes is 1. The highest BCUT2D eigenvalue weighted by Crippen LogP contribution is 2.34. The predicted molar refractivity (Wildman–Crippen MR) is 99.7 cm³/mol. The number of aliphatic hydroxyl groups excluding tert-OH is 2. The summed E-state index contributed by atoms with van der Waals surface area (Å²) in [4.78, 5) is 12.6. The summed E-state index contributed by atoms with van der Waals surface area (Å²) < 4.78 is 0. The van der Waals surface area contributed by atoms with Crippen LogP contribution in [0.25, 0.3) is 0 Å². The topological polar surface area (TPSA) is 57.5 Å². The Bertz CT molecular complexity index is 824. The molecule has 3 rings (SSSR count). The summed E-state index contributed by atoms with van der Waals surface area (Å²) in [6.07, 6.45) is 2.90. The molecule has 0 spiro atoms. The van der Waals surface area contributed by atoms with Gasteiger partial charge in [-0.25, -0.2) is 0 Å². The normalized spacial score (nSPS) is 19.6. The molecule has 0 unspecified atom stereocenters. The first kappa shape index (κ1) is 17.5. The van der Waals surface area contributed by atoms with E-state index in [1.54, 1.807) is 0 Å². The van der Waals surface area contributed by atoms with Gasteiger partial charge in [-0.3, -0.25) is 4.79 Å². The summed E-state index contributed by atoms with van der Waals surface area (Å²) in [5.41, 5.74) is 1.75. The van der Waals surface area contributed by atoms with Gasteiger partial charge in [-0.1, -0.05) is 30.0 Å². The number of hydrogen-bond acceptors (Lipinski definition) is 4. The van der Waals surface area contributed by atoms with E-state index < -0.39 is 6.10 Å². The third-order valence-electron chi connectivity index (χ3n) is 4.35. The molecule has 2 aromatic rings. The molecule has 1 heterocycles. The molecule has 25 heavy (non-hydrogen) atoms. The van der Waals surface area contributed by atoms with Crippen molar-refractivity contribution in [3.05, 3.63) is 69.1 Å². The van der Waals surface area contributed by atoms with Crippen LogP contribution < -0.4 is 0 Å². The Morgan fingerprint density at radius 2 is 1.96 bits per heavy atom. The minimum atomic E-state index is -0.644. The molecule has 0 radical (unpaired) electrons. The van der Waals surface area contributed by atoms with E-state index in [0.717, 1.165) is 40.0 Å². The van der Waals surface area contributed by atoms with Crippen LogP contribution in [0.15, 0.2) is 53.8 Å². The molecule has 4 heteroatoms. The van der Waals surface area contributed by atoms with Crippen molar-refractivity contribution in [3.63, 3.8) is 0 Å². The average molecular weight is 352 g/mol. The highest BCUT2D eigenvalue weighted by atomic mass is 32.1. The third kappa shape index (κ3) is 4.39. The van der Waals surface area contributed by atoms with Crippen molar-refractivity contribution >= 4 is 17.6 Å². The smallest absolute Gasteiger partial charge is 0.160 e. The molecule has 1 aromatic heterocycles. The summed E-state index contributed by atoms with van der Waals surface area (Å²) in [6.45, 7) is 0. The quantitative estimate of drug-likeness (QED) is 0.628. The second-order valence-corrected chi connectivity index (χ2v) is 7.33. The summed E-state index contributed by atoms with van der Waals surface area (Å²) >= 11 is 1.50. The molecule has 0 saturated carbocycles. The monoisotopic (exact) mass is 352 g/mol. The molecule has 1 aromatic carbocycles. The van der Waals surface area contributed by atoms with Gasteiger partial charge in [0.05, 0.1) is 22.7 Å². The van der Waals surface area contributed by atoms with Crippen LogP contribution in [0.2, 0.25) is 0 Å². The van der Waals surface area contributed by atoms with Crippen LogP contribution in [0.1, 0.15) is 39.4 Å². The molecule has 2 N–H and O–H groups in total. The Hall–Kier alpha value is -2.35. The van der Waals surface area contributed by atoms with Crippen molar-refractivity contribution in [3.8, 4) is 11.8 Å². The molecule has 3 nitrogen and oxygen atoms in total. The molecule has 1 aliphatic carbocycles. The molecule has 2 atom stereocenters. The standard InChI is InChI=1S/C21H20O3S/c22-14-17-11-10-16(25-17)7-4-8-18-19(21(24)13-20(18)23)12-9-15-5-2-1-3-6-15/h1-3,5-6,10-11,14,19,21,23-24H,4,7-8,13H2/t19-,21-/m1/s1. The van der Waals surface area contributed by atoms with E-state index in [9.17, 15) is 15.0 Å². The second kappa shape index (κ2) is 8.15. The minimum Gasteiger partial charge on any atom is -0.512 e. The van der Waals surface area contributed by atoms with Crippen LogP contribution >= 0.6 is 11.3 Å². The first-order valence-corrected chi connectivity index (χ1v) is 9.18. The third-order valence-corrected chi connectivity index (χ3v) is 5.42. The summed E-state index contributed by atoms with van der Waals surface area (Å²) in [5.74, 6) is 6.19. The first-order chi connectivity index (χ1) is 12.2. The Balaban J connectivity index is 1.64. The fourth-order valence-electron chi connectivity index (χ4n) is 3.07. The molecule has 0 aliphatic heterocycles. The molecule has 0 bridgehead atoms. The van der Waals surface area contributed by atoms with Gasteiger partial charge in [0.15, 0.2) is 6.29 Å². The van der Waals surface area contributed by atoms with Crippen LogP contribution in [-0.4, -0.2) is 22.6 Å². The Kier molecular flexibility index (Phi) is 5.70. The van der Waals surface area contributed by atoms with Crippen LogP contribution in [0, 0.1) is 17.8 Å². The number of carbonyl (C=O) groups excluding carboxylic acids is 1. The highest BCUT2D eigenvalue weighted by molar-refractivity contribution is 7.13. The number of hydrogen-bond donors (Lipinski definition) is 2. The number of rotatable bonds is 5. The maximum Gasteiger partial charge on any atom is 0.160 e. The molecule has 0 saturated heterocycles. The van der Waals surface area contributed by atoms with Crippen molar-refractivity contribution in [2.75, 3.05) is 0 Å². The second-order valence-electron chi connectivity index (χ2n) is 6.13. The van der Waals surface area contributed by atoms with Gasteiger partial charge in [-0.15, -0.1) is 11.3 Å². The molecule has 0 amide bonds. The van der Waals surface area contributed by atoms with Gasteiger partial charge in [0.2, 0.25) is 0 Å². The van der Waals surface area contributed by atoms with E-state index in [0.29, 0.717) is 6.42 Å². The van der Waals surface area contributed by atoms with Gasteiger partial charge in [0.25, 0.3) is 0 Å². The number of carbonyl (C=O) groups is 1. The lowest BCUT2D eigenvalue weighted by Gasteiger charge is -2.12. The van der Waals surface area contributed by atoms with Crippen molar-refractivity contribution in [2.45, 2.75) is 31.8 Å². The maximum absolute atomic E-state index is 10.7. The van der Waals surface area contributed by atoms with Gasteiger partial charge in [-0.05, 0) is 49.1 Å². The van der Waals surface area contributed by atoms with E-state index in [1.807, 2.05) is 42.5 Å². The van der Waals surface area contributed by atoms with Crippen molar-refractivity contribution < 1.29 is 15.0 Å². The zero-order valence-electron chi connectivity index (χ0n) is 13.8. The van der Waals surface area contributed by atoms with Gasteiger partial charge in [0, 0.05) is 16.9 Å². The fraction of sp³-hybridized carbons (Fsp3) is 0.286. The van der Waals surface area contributed by atoms with E-state index in [-0.39, 0.29) is 18.1 Å². The van der Waals surface area contributed by atoms with Crippen molar-refractivity contribution in [2.24, 2.45) is 5.92 Å². The summed E-state index contributed by atoms with van der Waals surface area (Å²) in [6, 6.07) is 13.5. The van der Waals surface area contributed by atoms with Gasteiger partial charge in [0.1, 0.15) is 0 Å². The number of aryl methyl sites for hydroxylation is 1. The zero-order chi connectivity index (χ0) is 17.6. The van der Waals surface area contributed by atoms with E-state index in [4.69, 9.17) is 0 Å². The van der Waals surface area contributed by atoms with Crippen LogP contribution in [0.5, 0.6) is 0 Å². The van der Waals surface area contributed by atoms with E-state index in [2.05, 4.69) is 11.8 Å². The van der Waals surface area contributed by atoms with E-state index in [1.165, 1.54) is 11.3 Å². The van der Waals surface area contributed by atoms with Crippen LogP contribution in [0.3, 0.4) is 0 Å². The average Bonchev–Trinajstić information content (AvgIpc) is 3.19. The first-order valence-electron chi connectivity index (χ1n) is 8.37. The lowest BCUT2D eigenvalue weighted by Crippen LogP contribution is -2.14. The van der Waals surface area contributed by atoms with Crippen molar-refractivity contribution in [1.29, 1.82) is 0 Å². The summed E-state index contributed by atoms with van der Waals surface area (Å²) in [7, 11) is 0. The summed E-state index contributed by atoms with van der Waals surface area (Å²) in [5, 5.41) is 20.4. The van der Waals surface area contributed by atoms with Gasteiger partial charge < -0.3 is 10.2 Å². The highest BCUT2D eigenvalue weighted by Gasteiger charge is 2.32. The Labute approximate surface area is 151 Å². The molecular formula is C21H20O3S. The SMILES string of the molecule is O=Cc1ccc(CCCC2=C(O)C[C@@H](O)[C@@H]2C#Cc2ccccc2)s1. The Morgan fingerprint density at radius 1 is 1.16 bits per heavy atom. The molecular weight excluding hydrogens is 332 g/mol. The number of aliphatic hydroxyl groups is 2. The number of benzene rings is 1. The lowest BCUT2D eigenvalue weighted by molar-refractivity contribution is 0.112. The minimum absolute atomic E-state index is 0.276. The largest absolute Gasteiger partial charge is 0.512 e.